The number of amides is 1. The summed E-state index contributed by atoms with van der Waals surface area (Å²) in [5.41, 5.74) is 8.77. The van der Waals surface area contributed by atoms with Crippen LogP contribution in [-0.4, -0.2) is 73.2 Å². The van der Waals surface area contributed by atoms with Gasteiger partial charge in [-0.15, -0.1) is 0 Å². The molecule has 2 unspecified atom stereocenters. The van der Waals surface area contributed by atoms with Crippen LogP contribution in [0, 0.1) is 5.92 Å². The van der Waals surface area contributed by atoms with Gasteiger partial charge in [0.2, 0.25) is 0 Å². The van der Waals surface area contributed by atoms with Crippen LogP contribution in [0.3, 0.4) is 0 Å². The highest BCUT2D eigenvalue weighted by Gasteiger charge is 2.40. The molecule has 5 aromatic rings. The van der Waals surface area contributed by atoms with Crippen LogP contribution in [0.5, 0.6) is 5.75 Å². The molecule has 306 valence electrons. The van der Waals surface area contributed by atoms with Gasteiger partial charge in [0.05, 0.1) is 29.7 Å². The number of piperazine rings is 1. The number of nitrogens with one attached hydrogen (secondary N) is 2. The summed E-state index contributed by atoms with van der Waals surface area (Å²) in [7, 11) is 1.66. The lowest BCUT2D eigenvalue weighted by Gasteiger charge is -2.42. The van der Waals surface area contributed by atoms with Crippen molar-refractivity contribution in [3.05, 3.63) is 134 Å². The van der Waals surface area contributed by atoms with E-state index in [9.17, 15) is 0 Å². The summed E-state index contributed by atoms with van der Waals surface area (Å²) in [6.45, 7) is 6.86. The van der Waals surface area contributed by atoms with E-state index in [4.69, 9.17) is 44.3 Å². The minimum Gasteiger partial charge on any atom is -0.491 e. The fourth-order valence-corrected chi connectivity index (χ4v) is 10.5. The first-order chi connectivity index (χ1) is 28.8. The maximum Gasteiger partial charge on any atom is 0.272 e. The monoisotopic (exact) mass is 849 g/mol. The van der Waals surface area contributed by atoms with Crippen molar-refractivity contribution in [1.82, 2.24) is 14.8 Å². The number of aromatic amines is 1. The number of carbonyl (C=O) groups excluding carboxylic acids is 1. The number of ether oxygens (including phenoxy) is 2. The van der Waals surface area contributed by atoms with Crippen molar-refractivity contribution in [3.8, 4) is 5.75 Å². The number of fused-ring (bicyclic) bond motifs is 2. The third-order valence-electron chi connectivity index (χ3n) is 12.6. The van der Waals surface area contributed by atoms with Crippen molar-refractivity contribution < 1.29 is 14.3 Å². The molecule has 8 nitrogen and oxygen atoms in total. The molecule has 3 aliphatic heterocycles. The van der Waals surface area contributed by atoms with Gasteiger partial charge in [0.25, 0.3) is 5.91 Å². The Morgan fingerprint density at radius 2 is 1.66 bits per heavy atom. The first kappa shape index (κ1) is 40.0. The number of aromatic nitrogens is 1. The average molecular weight is 851 g/mol. The second kappa shape index (κ2) is 17.3. The maximum atomic E-state index is 15.2. The fourth-order valence-electron chi connectivity index (χ4n) is 9.78. The molecule has 4 aromatic carbocycles. The predicted molar refractivity (Wildman–Crippen MR) is 242 cm³/mol. The molecule has 0 radical (unpaired) electrons. The van der Waals surface area contributed by atoms with Gasteiger partial charge in [0, 0.05) is 83.1 Å². The largest absolute Gasteiger partial charge is 0.491 e. The van der Waals surface area contributed by atoms with E-state index in [2.05, 4.69) is 74.5 Å². The van der Waals surface area contributed by atoms with Crippen molar-refractivity contribution in [3.63, 3.8) is 0 Å². The van der Waals surface area contributed by atoms with Gasteiger partial charge in [-0.25, -0.2) is 0 Å². The molecule has 4 heterocycles. The average Bonchev–Trinajstić information content (AvgIpc) is 3.54. The van der Waals surface area contributed by atoms with Gasteiger partial charge in [-0.2, -0.15) is 0 Å². The van der Waals surface area contributed by atoms with Crippen molar-refractivity contribution >= 4 is 74.3 Å². The SMILES string of the molecule is COCCOc1ccc(N2CCN(C3CCCCC3)CC2)c(NC(=O)c2[nH]c3cc(Cl)cc4c3c2C2=C(c3ccccc3)C(C)CC=CN2C4c2ccc(Cl)cc2Cl)c1. The van der Waals surface area contributed by atoms with E-state index >= 15 is 4.79 Å². The van der Waals surface area contributed by atoms with E-state index in [0.717, 1.165) is 82.7 Å². The van der Waals surface area contributed by atoms with Gasteiger partial charge in [-0.3, -0.25) is 9.69 Å². The Morgan fingerprint density at radius 1 is 0.864 bits per heavy atom. The Morgan fingerprint density at radius 3 is 2.42 bits per heavy atom. The zero-order valence-corrected chi connectivity index (χ0v) is 35.8. The molecule has 0 bridgehead atoms. The van der Waals surface area contributed by atoms with Crippen LogP contribution >= 0.6 is 34.8 Å². The topological polar surface area (TPSA) is 73.1 Å². The van der Waals surface area contributed by atoms with Crippen LogP contribution in [-0.2, 0) is 4.74 Å². The number of H-pyrrole nitrogens is 1. The molecule has 2 atom stereocenters. The lowest BCUT2D eigenvalue weighted by atomic mass is 9.82. The predicted octanol–water partition coefficient (Wildman–Crippen LogP) is 11.7. The number of benzene rings is 4. The van der Waals surface area contributed by atoms with Crippen LogP contribution in [0.1, 0.15) is 84.2 Å². The maximum absolute atomic E-state index is 15.2. The standard InChI is InChI=1S/C48H50Cl3N5O3/c1-30-10-9-19-56-46(36-17-15-32(49)27-38(36)51)37-26-33(50)28-40-43(37)44(47(56)42(30)31-11-5-3-6-12-31)45(52-40)48(57)53-39-29-35(59-25-24-58-2)16-18-41(39)55-22-20-54(21-23-55)34-13-7-4-8-14-34/h3,5-6,9,11-12,15-19,26-30,34,46,52H,4,7-8,10,13-14,20-25H2,1-2H3,(H,53,57). The van der Waals surface area contributed by atoms with Gasteiger partial charge in [0.15, 0.2) is 0 Å². The van der Waals surface area contributed by atoms with Crippen LogP contribution < -0.4 is 15.0 Å². The van der Waals surface area contributed by atoms with E-state index < -0.39 is 0 Å². The Labute approximate surface area is 361 Å². The highest BCUT2D eigenvalue weighted by molar-refractivity contribution is 6.35. The number of anilines is 2. The number of methoxy groups -OCH3 is 1. The van der Waals surface area contributed by atoms with E-state index in [-0.39, 0.29) is 17.9 Å². The summed E-state index contributed by atoms with van der Waals surface area (Å²) in [5.74, 6) is 0.544. The van der Waals surface area contributed by atoms with Crippen LogP contribution in [0.15, 0.2) is 91.1 Å². The van der Waals surface area contributed by atoms with Crippen molar-refractivity contribution in [2.24, 2.45) is 5.92 Å². The molecular formula is C48H50Cl3N5O3. The van der Waals surface area contributed by atoms with Crippen molar-refractivity contribution in [2.45, 2.75) is 57.5 Å². The number of hydrogen-bond acceptors (Lipinski definition) is 6. The van der Waals surface area contributed by atoms with Crippen LogP contribution in [0.25, 0.3) is 22.2 Å². The number of carbonyl (C=O) groups is 1. The summed E-state index contributed by atoms with van der Waals surface area (Å²) in [5, 5.41) is 6.00. The molecule has 1 saturated carbocycles. The van der Waals surface area contributed by atoms with E-state index in [1.165, 1.54) is 32.1 Å². The Balaban J connectivity index is 1.18. The number of halogens is 3. The molecule has 1 aliphatic carbocycles. The number of rotatable bonds is 10. The van der Waals surface area contributed by atoms with Gasteiger partial charge in [0.1, 0.15) is 18.1 Å². The van der Waals surface area contributed by atoms with Gasteiger partial charge in [-0.05, 0) is 83.8 Å². The number of nitrogens with zero attached hydrogens (tertiary/aromatic N) is 3. The molecule has 59 heavy (non-hydrogen) atoms. The molecule has 2 N–H and O–H groups in total. The third-order valence-corrected chi connectivity index (χ3v) is 13.3. The Bertz CT molecular complexity index is 2420. The molecule has 11 heteroatoms. The van der Waals surface area contributed by atoms with E-state index in [0.29, 0.717) is 51.5 Å². The van der Waals surface area contributed by atoms with Gasteiger partial charge >= 0.3 is 0 Å². The number of allylic oxidation sites excluding steroid dienone is 2. The highest BCUT2D eigenvalue weighted by Crippen LogP contribution is 2.54. The molecule has 4 aliphatic rings. The minimum absolute atomic E-state index is 0.129. The molecular weight excluding hydrogens is 801 g/mol. The van der Waals surface area contributed by atoms with Gasteiger partial charge in [-0.1, -0.05) is 103 Å². The van der Waals surface area contributed by atoms with Crippen LogP contribution in [0.2, 0.25) is 15.1 Å². The zero-order chi connectivity index (χ0) is 40.6. The quantitative estimate of drug-likeness (QED) is 0.136. The van der Waals surface area contributed by atoms with E-state index in [1.54, 1.807) is 13.2 Å². The normalized spacial score (nSPS) is 19.9. The third kappa shape index (κ3) is 7.86. The lowest BCUT2D eigenvalue weighted by molar-refractivity contribution is 0.102. The molecule has 1 aromatic heterocycles. The Hall–Kier alpha value is -4.44. The molecule has 0 spiro atoms. The second-order valence-corrected chi connectivity index (χ2v) is 17.5. The highest BCUT2D eigenvalue weighted by atomic mass is 35.5. The van der Waals surface area contributed by atoms with E-state index in [1.807, 2.05) is 42.5 Å². The summed E-state index contributed by atoms with van der Waals surface area (Å²) in [6, 6.07) is 26.4. The second-order valence-electron chi connectivity index (χ2n) is 16.2. The zero-order valence-electron chi connectivity index (χ0n) is 33.6. The molecule has 1 saturated heterocycles. The van der Waals surface area contributed by atoms with Crippen LogP contribution in [0.4, 0.5) is 11.4 Å². The molecule has 9 rings (SSSR count). The first-order valence-corrected chi connectivity index (χ1v) is 22.0. The summed E-state index contributed by atoms with van der Waals surface area (Å²) < 4.78 is 11.4. The summed E-state index contributed by atoms with van der Waals surface area (Å²) >= 11 is 20.5. The summed E-state index contributed by atoms with van der Waals surface area (Å²) in [4.78, 5) is 26.2. The molecule has 2 fully saturated rings. The Kier molecular flexibility index (Phi) is 11.7. The first-order valence-electron chi connectivity index (χ1n) is 20.9. The fraction of sp³-hybridized carbons (Fsp3) is 0.354. The minimum atomic E-state index is -0.352. The number of hydrogen-bond donors (Lipinski definition) is 2. The lowest BCUT2D eigenvalue weighted by Crippen LogP contribution is -2.51. The smallest absolute Gasteiger partial charge is 0.272 e. The van der Waals surface area contributed by atoms with Crippen molar-refractivity contribution in [1.29, 1.82) is 0 Å². The molecule has 1 amide bonds. The van der Waals surface area contributed by atoms with Gasteiger partial charge < -0.3 is 29.6 Å². The van der Waals surface area contributed by atoms with Crippen molar-refractivity contribution in [2.75, 3.05) is 56.7 Å². The summed E-state index contributed by atoms with van der Waals surface area (Å²) in [6.07, 6.45) is 11.7.